The van der Waals surface area contributed by atoms with Gasteiger partial charge in [0.15, 0.2) is 0 Å². The lowest BCUT2D eigenvalue weighted by Gasteiger charge is -2.44. The summed E-state index contributed by atoms with van der Waals surface area (Å²) in [7, 11) is 0. The van der Waals surface area contributed by atoms with Crippen LogP contribution in [0.4, 0.5) is 26.3 Å². The highest BCUT2D eigenvalue weighted by atomic mass is 19.4. The van der Waals surface area contributed by atoms with E-state index in [1.807, 2.05) is 13.8 Å². The summed E-state index contributed by atoms with van der Waals surface area (Å²) in [5, 5.41) is 19.5. The van der Waals surface area contributed by atoms with Crippen molar-refractivity contribution in [2.24, 2.45) is 29.1 Å². The van der Waals surface area contributed by atoms with Crippen molar-refractivity contribution < 1.29 is 41.4 Å². The van der Waals surface area contributed by atoms with Crippen LogP contribution < -0.4 is 0 Å². The number of halogens is 6. The summed E-state index contributed by atoms with van der Waals surface area (Å²) < 4.78 is 78.6. The third-order valence-electron chi connectivity index (χ3n) is 8.26. The van der Waals surface area contributed by atoms with Crippen molar-refractivity contribution in [1.29, 1.82) is 0 Å². The number of rotatable bonds is 9. The van der Waals surface area contributed by atoms with Crippen LogP contribution in [0.2, 0.25) is 0 Å². The van der Waals surface area contributed by atoms with E-state index in [0.29, 0.717) is 38.5 Å². The fraction of sp³-hybridized carbons (Fsp3) is 0.880. The smallest absolute Gasteiger partial charge is 0.390 e. The second kappa shape index (κ2) is 10.1. The van der Waals surface area contributed by atoms with Crippen LogP contribution >= 0.6 is 0 Å². The van der Waals surface area contributed by atoms with E-state index < -0.39 is 23.6 Å². The molecule has 0 radical (unpaired) electrons. The lowest BCUT2D eigenvalue weighted by Crippen LogP contribution is -2.55. The Kier molecular flexibility index (Phi) is 8.67. The predicted molar refractivity (Wildman–Crippen MR) is 117 cm³/mol. The van der Waals surface area contributed by atoms with Gasteiger partial charge in [-0.15, -0.1) is 0 Å². The van der Waals surface area contributed by atoms with Gasteiger partial charge in [0.2, 0.25) is 0 Å². The quantitative estimate of drug-likeness (QED) is 0.271. The number of fused-ring (bicyclic) bond motifs is 1. The molecular formula is C25H38F6O3. The predicted octanol–water partition coefficient (Wildman–Crippen LogP) is 6.77. The Bertz CT molecular complexity index is 722. The first-order valence-electron chi connectivity index (χ1n) is 12.1. The van der Waals surface area contributed by atoms with Gasteiger partial charge in [0.25, 0.3) is 5.60 Å². The molecule has 0 bridgehead atoms. The van der Waals surface area contributed by atoms with Gasteiger partial charge < -0.3 is 10.2 Å². The molecule has 0 heterocycles. The number of hydrogen-bond donors (Lipinski definition) is 2. The van der Waals surface area contributed by atoms with E-state index in [4.69, 9.17) is 0 Å². The highest BCUT2D eigenvalue weighted by Crippen LogP contribution is 2.58. The van der Waals surface area contributed by atoms with Gasteiger partial charge in [0.05, 0.1) is 5.60 Å². The Hall–Kier alpha value is -1.09. The van der Waals surface area contributed by atoms with Crippen LogP contribution in [0.15, 0.2) is 12.2 Å². The van der Waals surface area contributed by atoms with E-state index in [0.717, 1.165) is 18.9 Å². The lowest BCUT2D eigenvalue weighted by atomic mass is 9.59. The van der Waals surface area contributed by atoms with Gasteiger partial charge in [-0.25, -0.2) is 0 Å². The molecule has 2 N–H and O–H groups in total. The molecule has 9 heteroatoms. The second-order valence-electron chi connectivity index (χ2n) is 11.3. The summed E-state index contributed by atoms with van der Waals surface area (Å²) in [6.45, 7) is 7.34. The molecule has 0 aromatic heterocycles. The van der Waals surface area contributed by atoms with Crippen LogP contribution in [0.1, 0.15) is 85.5 Å². The van der Waals surface area contributed by atoms with Gasteiger partial charge in [0.1, 0.15) is 5.78 Å². The highest BCUT2D eigenvalue weighted by molar-refractivity contribution is 5.83. The Labute approximate surface area is 198 Å². The third kappa shape index (κ3) is 6.18. The minimum absolute atomic E-state index is 0.0200. The second-order valence-corrected chi connectivity index (χ2v) is 11.3. The summed E-state index contributed by atoms with van der Waals surface area (Å²) in [5.74, 6) is -0.236. The lowest BCUT2D eigenvalue weighted by molar-refractivity contribution is -0.347. The Morgan fingerprint density at radius 3 is 2.21 bits per heavy atom. The molecule has 0 amide bonds. The van der Waals surface area contributed by atoms with Crippen molar-refractivity contribution in [1.82, 2.24) is 0 Å². The summed E-state index contributed by atoms with van der Waals surface area (Å²) in [6, 6.07) is 0. The number of carbonyl (C=O) groups excluding carboxylic acids is 1. The molecule has 0 saturated heterocycles. The number of hydrogen-bond acceptors (Lipinski definition) is 3. The maximum Gasteiger partial charge on any atom is 0.429 e. The molecule has 34 heavy (non-hydrogen) atoms. The maximum absolute atomic E-state index is 13.1. The minimum Gasteiger partial charge on any atom is -0.390 e. The first kappa shape index (κ1) is 29.1. The zero-order chi connectivity index (χ0) is 26.2. The molecule has 2 aliphatic rings. The molecule has 3 nitrogen and oxygen atoms in total. The Morgan fingerprint density at radius 2 is 1.68 bits per heavy atom. The largest absolute Gasteiger partial charge is 0.429 e. The number of carbonyl (C=O) groups is 1. The first-order valence-corrected chi connectivity index (χ1v) is 12.1. The molecule has 0 spiro atoms. The molecule has 2 unspecified atom stereocenters. The monoisotopic (exact) mass is 500 g/mol. The summed E-state index contributed by atoms with van der Waals surface area (Å²) in [5.41, 5.74) is -6.11. The average molecular weight is 501 g/mol. The number of Topliss-reactive ketones (excluding diaryl/α,β-unsaturated/α-hetero) is 1. The van der Waals surface area contributed by atoms with Gasteiger partial charge in [-0.2, -0.15) is 26.3 Å². The molecule has 198 valence electrons. The molecule has 5 atom stereocenters. The van der Waals surface area contributed by atoms with Crippen molar-refractivity contribution in [2.45, 2.75) is 109 Å². The van der Waals surface area contributed by atoms with E-state index in [9.17, 15) is 41.4 Å². The summed E-state index contributed by atoms with van der Waals surface area (Å²) in [6.07, 6.45) is -5.92. The topological polar surface area (TPSA) is 57.5 Å². The molecule has 0 aliphatic heterocycles. The van der Waals surface area contributed by atoms with Gasteiger partial charge in [-0.05, 0) is 81.6 Å². The van der Waals surface area contributed by atoms with E-state index in [-0.39, 0.29) is 47.4 Å². The van der Waals surface area contributed by atoms with Crippen molar-refractivity contribution in [3.05, 3.63) is 12.2 Å². The molecule has 2 fully saturated rings. The van der Waals surface area contributed by atoms with Gasteiger partial charge in [-0.1, -0.05) is 32.8 Å². The van der Waals surface area contributed by atoms with Crippen molar-refractivity contribution in [3.8, 4) is 0 Å². The van der Waals surface area contributed by atoms with Crippen molar-refractivity contribution in [2.75, 3.05) is 0 Å². The normalized spacial score (nSPS) is 28.9. The molecule has 2 rings (SSSR count). The van der Waals surface area contributed by atoms with Crippen LogP contribution in [0, 0.1) is 29.1 Å². The zero-order valence-corrected chi connectivity index (χ0v) is 20.4. The summed E-state index contributed by atoms with van der Waals surface area (Å²) >= 11 is 0. The molecular weight excluding hydrogens is 462 g/mol. The minimum atomic E-state index is -5.89. The zero-order valence-electron chi connectivity index (χ0n) is 20.4. The molecule has 2 aliphatic carbocycles. The molecule has 2 saturated carbocycles. The van der Waals surface area contributed by atoms with Crippen molar-refractivity contribution >= 4 is 5.78 Å². The maximum atomic E-state index is 13.1. The van der Waals surface area contributed by atoms with E-state index in [1.54, 1.807) is 13.8 Å². The Balaban J connectivity index is 2.31. The standard InChI is InChI=1S/C25H38F6O3/c1-16(8-5-13-21(2,3)33)17(9-6-15-23(34,24(26,27)28)25(29,30)31)18-11-12-19-20(32)10-7-14-22(18,19)4/h6,15-19,33-34H,5,7-14H2,1-4H3/b15-6-/t16-,17?,18+,19?,22+/m0/s1. The van der Waals surface area contributed by atoms with Gasteiger partial charge in [0, 0.05) is 12.3 Å². The van der Waals surface area contributed by atoms with E-state index >= 15 is 0 Å². The molecule has 0 aromatic rings. The number of allylic oxidation sites excluding steroid dienone is 1. The molecule has 0 aromatic carbocycles. The highest BCUT2D eigenvalue weighted by Gasteiger charge is 2.69. The van der Waals surface area contributed by atoms with Crippen LogP contribution in [0.5, 0.6) is 0 Å². The van der Waals surface area contributed by atoms with Crippen LogP contribution in [0.3, 0.4) is 0 Å². The number of ketones is 1. The van der Waals surface area contributed by atoms with Gasteiger partial charge >= 0.3 is 12.4 Å². The Morgan fingerprint density at radius 1 is 1.09 bits per heavy atom. The summed E-state index contributed by atoms with van der Waals surface area (Å²) in [4.78, 5) is 12.5. The fourth-order valence-corrected chi connectivity index (χ4v) is 6.28. The third-order valence-corrected chi connectivity index (χ3v) is 8.26. The average Bonchev–Trinajstić information content (AvgIpc) is 3.00. The van der Waals surface area contributed by atoms with Crippen LogP contribution in [-0.4, -0.2) is 39.6 Å². The fourth-order valence-electron chi connectivity index (χ4n) is 6.28. The van der Waals surface area contributed by atoms with Crippen LogP contribution in [-0.2, 0) is 4.79 Å². The van der Waals surface area contributed by atoms with Crippen molar-refractivity contribution in [3.63, 3.8) is 0 Å². The number of aliphatic hydroxyl groups is 2. The first-order chi connectivity index (χ1) is 15.3. The van der Waals surface area contributed by atoms with E-state index in [1.165, 1.54) is 0 Å². The number of alkyl halides is 6. The van der Waals surface area contributed by atoms with Gasteiger partial charge in [-0.3, -0.25) is 4.79 Å². The van der Waals surface area contributed by atoms with E-state index in [2.05, 4.69) is 0 Å². The SMILES string of the molecule is C[C@@H](CCCC(C)(C)O)C(C/C=C\C(O)(C(F)(F)F)C(F)(F)F)[C@H]1CCC2C(=O)CCC[C@@]21C. The van der Waals surface area contributed by atoms with Crippen LogP contribution in [0.25, 0.3) is 0 Å².